The molecule has 0 aliphatic heterocycles. The quantitative estimate of drug-likeness (QED) is 0.0875. The zero-order chi connectivity index (χ0) is 35.7. The molecule has 0 fully saturated rings. The van der Waals surface area contributed by atoms with Crippen molar-refractivity contribution in [2.24, 2.45) is 5.73 Å². The minimum atomic E-state index is -1.85. The molecule has 0 aromatic heterocycles. The Labute approximate surface area is 266 Å². The molecule has 21 nitrogen and oxygen atoms in total. The first-order valence-corrected chi connectivity index (χ1v) is 13.9. The van der Waals surface area contributed by atoms with E-state index in [1.165, 1.54) is 24.3 Å². The van der Waals surface area contributed by atoms with E-state index in [0.717, 1.165) is 0 Å². The average Bonchev–Trinajstić information content (AvgIpc) is 2.99. The average molecular weight is 672 g/mol. The summed E-state index contributed by atoms with van der Waals surface area (Å²) in [6.45, 7) is -3.28. The number of phenolic OH excluding ortho intramolecular Hbond substituents is 1. The Morgan fingerprint density at radius 3 is 1.74 bits per heavy atom. The van der Waals surface area contributed by atoms with Crippen molar-refractivity contribution in [2.75, 3.05) is 39.3 Å². The molecule has 0 aliphatic rings. The number of unbranched alkanes of at least 4 members (excludes halogenated alkanes) is 1. The predicted octanol–water partition coefficient (Wildman–Crippen LogP) is -0.554. The van der Waals surface area contributed by atoms with Crippen LogP contribution in [0.25, 0.3) is 0 Å². The topological polar surface area (TPSA) is 330 Å². The van der Waals surface area contributed by atoms with Gasteiger partial charge in [-0.2, -0.15) is 0 Å². The lowest BCUT2D eigenvalue weighted by molar-refractivity contribution is -0.142. The van der Waals surface area contributed by atoms with Crippen molar-refractivity contribution in [2.45, 2.75) is 37.8 Å². The molecule has 8 amide bonds. The predicted molar refractivity (Wildman–Crippen MR) is 157 cm³/mol. The fourth-order valence-corrected chi connectivity index (χ4v) is 3.93. The maximum absolute atomic E-state index is 12.9. The number of nitrogens with zero attached hydrogens (tertiary/aromatic N) is 3. The summed E-state index contributed by atoms with van der Waals surface area (Å²) < 4.78 is 0. The van der Waals surface area contributed by atoms with Crippen molar-refractivity contribution in [3.63, 3.8) is 0 Å². The van der Waals surface area contributed by atoms with Crippen LogP contribution in [0.2, 0.25) is 0 Å². The third-order valence-corrected chi connectivity index (χ3v) is 6.42. The SMILES string of the molecule is NCC(=O)N[C@@H](Cc1ccc(O)cc1)C(=O)N[C@@H](CCCCNC(=O)N(CCN(CCN(C(=O)O)C(=O)O)C(=O)O)C(=O)O)C(=O)O. The lowest BCUT2D eigenvalue weighted by Crippen LogP contribution is -2.53. The lowest BCUT2D eigenvalue weighted by atomic mass is 10.0. The summed E-state index contributed by atoms with van der Waals surface area (Å²) in [7, 11) is 0. The number of aromatic hydroxyl groups is 1. The van der Waals surface area contributed by atoms with Gasteiger partial charge in [0.2, 0.25) is 11.8 Å². The van der Waals surface area contributed by atoms with E-state index in [4.69, 9.17) is 15.9 Å². The normalized spacial score (nSPS) is 11.7. The summed E-state index contributed by atoms with van der Waals surface area (Å²) in [4.78, 5) is 94.6. The van der Waals surface area contributed by atoms with E-state index >= 15 is 0 Å². The number of carbonyl (C=O) groups is 8. The van der Waals surface area contributed by atoms with E-state index in [1.54, 1.807) is 0 Å². The summed E-state index contributed by atoms with van der Waals surface area (Å²) in [5.41, 5.74) is 5.87. The molecule has 1 aromatic carbocycles. The van der Waals surface area contributed by atoms with Gasteiger partial charge >= 0.3 is 36.4 Å². The number of hydrogen-bond donors (Lipinski definition) is 10. The summed E-state index contributed by atoms with van der Waals surface area (Å²) >= 11 is 0. The molecule has 0 unspecified atom stereocenters. The lowest BCUT2D eigenvalue weighted by Gasteiger charge is -2.25. The van der Waals surface area contributed by atoms with Gasteiger partial charge in [-0.25, -0.2) is 38.6 Å². The first kappa shape index (κ1) is 39.2. The van der Waals surface area contributed by atoms with Crippen LogP contribution in [-0.2, 0) is 20.8 Å². The van der Waals surface area contributed by atoms with Gasteiger partial charge in [-0.3, -0.25) is 9.59 Å². The van der Waals surface area contributed by atoms with Crippen molar-refractivity contribution in [1.29, 1.82) is 0 Å². The van der Waals surface area contributed by atoms with Gasteiger partial charge in [0.05, 0.1) is 19.6 Å². The Balaban J connectivity index is 2.68. The molecule has 0 heterocycles. The molecule has 1 rings (SSSR count). The van der Waals surface area contributed by atoms with E-state index in [1.807, 2.05) is 0 Å². The Hall–Kier alpha value is -5.86. The highest BCUT2D eigenvalue weighted by Crippen LogP contribution is 2.12. The number of amides is 8. The summed E-state index contributed by atoms with van der Waals surface area (Å²) in [5.74, 6) is -2.89. The molecule has 1 aromatic rings. The third kappa shape index (κ3) is 14.2. The maximum atomic E-state index is 12.9. The summed E-state index contributed by atoms with van der Waals surface area (Å²) in [5, 5.41) is 62.5. The van der Waals surface area contributed by atoms with Gasteiger partial charge in [-0.1, -0.05) is 12.1 Å². The molecule has 0 radical (unpaired) electrons. The van der Waals surface area contributed by atoms with Crippen molar-refractivity contribution in [1.82, 2.24) is 30.7 Å². The van der Waals surface area contributed by atoms with Gasteiger partial charge in [0.1, 0.15) is 17.8 Å². The van der Waals surface area contributed by atoms with Crippen LogP contribution in [0.4, 0.5) is 24.0 Å². The molecular formula is C26H37N7O14. The number of urea groups is 1. The van der Waals surface area contributed by atoms with E-state index in [0.29, 0.717) is 10.5 Å². The smallest absolute Gasteiger partial charge is 0.416 e. The van der Waals surface area contributed by atoms with Crippen LogP contribution in [0, 0.1) is 0 Å². The van der Waals surface area contributed by atoms with Gasteiger partial charge < -0.3 is 57.2 Å². The number of benzene rings is 1. The first-order valence-electron chi connectivity index (χ1n) is 13.9. The van der Waals surface area contributed by atoms with Crippen LogP contribution < -0.4 is 21.7 Å². The largest absolute Gasteiger partial charge is 0.508 e. The highest BCUT2D eigenvalue weighted by Gasteiger charge is 2.28. The second-order valence-corrected chi connectivity index (χ2v) is 9.74. The van der Waals surface area contributed by atoms with Gasteiger partial charge in [0.25, 0.3) is 0 Å². The molecule has 21 heteroatoms. The van der Waals surface area contributed by atoms with Crippen LogP contribution in [0.15, 0.2) is 24.3 Å². The van der Waals surface area contributed by atoms with Crippen LogP contribution in [0.5, 0.6) is 5.75 Å². The number of aliphatic carboxylic acids is 1. The molecule has 11 N–H and O–H groups in total. The zero-order valence-corrected chi connectivity index (χ0v) is 24.9. The maximum Gasteiger partial charge on any atom is 0.416 e. The molecular weight excluding hydrogens is 634 g/mol. The molecule has 0 bridgehead atoms. The van der Waals surface area contributed by atoms with Crippen LogP contribution in [0.3, 0.4) is 0 Å². The Morgan fingerprint density at radius 1 is 0.702 bits per heavy atom. The number of nitrogens with two attached hydrogens (primary N) is 1. The second kappa shape index (κ2) is 19.5. The van der Waals surface area contributed by atoms with Gasteiger partial charge in [-0.15, -0.1) is 0 Å². The fraction of sp³-hybridized carbons (Fsp3) is 0.462. The number of phenols is 1. The highest BCUT2D eigenvalue weighted by molar-refractivity contribution is 5.91. The number of carboxylic acid groups (broad SMARTS) is 5. The van der Waals surface area contributed by atoms with Crippen molar-refractivity contribution >= 4 is 48.2 Å². The number of carbonyl (C=O) groups excluding carboxylic acids is 3. The minimum Gasteiger partial charge on any atom is -0.508 e. The molecule has 0 saturated heterocycles. The van der Waals surface area contributed by atoms with E-state index in [9.17, 15) is 58.8 Å². The van der Waals surface area contributed by atoms with Gasteiger partial charge in [0.15, 0.2) is 0 Å². The summed E-state index contributed by atoms with van der Waals surface area (Å²) in [6.07, 6.45) is -6.98. The van der Waals surface area contributed by atoms with Crippen LogP contribution in [0.1, 0.15) is 24.8 Å². The van der Waals surface area contributed by atoms with E-state index in [-0.39, 0.29) is 47.8 Å². The third-order valence-electron chi connectivity index (χ3n) is 6.42. The summed E-state index contributed by atoms with van der Waals surface area (Å²) in [6, 6.07) is 2.04. The first-order chi connectivity index (χ1) is 22.1. The minimum absolute atomic E-state index is 0.0240. The van der Waals surface area contributed by atoms with Crippen molar-refractivity contribution in [3.8, 4) is 5.75 Å². The monoisotopic (exact) mass is 671 g/mol. The van der Waals surface area contributed by atoms with Crippen LogP contribution >= 0.6 is 0 Å². The Morgan fingerprint density at radius 2 is 1.26 bits per heavy atom. The standard InChI is InChI=1S/C26H37N7O14/c27-14-19(35)29-18(13-15-4-6-16(34)7-5-15)20(36)30-17(21(37)38)3-1-2-8-28-22(39)32(24(42)43)11-9-31(23(40)41)10-12-33(25(44)45)26(46)47/h4-7,17-18,34H,1-3,8-14,27H2,(H,28,39)(H,29,35)(H,30,36)(H,37,38)(H,40,41)(H,42,43)(H,44,45)(H,46,47)/t17-,18-/m0/s1. The number of imide groups is 2. The molecule has 260 valence electrons. The molecule has 0 spiro atoms. The van der Waals surface area contributed by atoms with Gasteiger partial charge in [0, 0.05) is 26.1 Å². The number of hydrogen-bond acceptors (Lipinski definition) is 10. The van der Waals surface area contributed by atoms with E-state index < -0.39 is 93.0 Å². The fourth-order valence-electron chi connectivity index (χ4n) is 3.93. The highest BCUT2D eigenvalue weighted by atomic mass is 16.4. The van der Waals surface area contributed by atoms with E-state index in [2.05, 4.69) is 16.0 Å². The zero-order valence-electron chi connectivity index (χ0n) is 24.9. The molecule has 0 aliphatic carbocycles. The van der Waals surface area contributed by atoms with Gasteiger partial charge in [-0.05, 0) is 37.0 Å². The Bertz CT molecular complexity index is 1280. The Kier molecular flexibility index (Phi) is 16.3. The van der Waals surface area contributed by atoms with Crippen molar-refractivity contribution in [3.05, 3.63) is 29.8 Å². The van der Waals surface area contributed by atoms with Crippen LogP contribution in [-0.4, -0.2) is 145 Å². The second-order valence-electron chi connectivity index (χ2n) is 9.74. The molecule has 0 saturated carbocycles. The number of nitrogens with one attached hydrogen (secondary N) is 3. The molecule has 47 heavy (non-hydrogen) atoms. The number of carboxylic acids is 1. The van der Waals surface area contributed by atoms with Crippen molar-refractivity contribution < 1.29 is 69.0 Å². The number of rotatable bonds is 18. The molecule has 2 atom stereocenters.